The van der Waals surface area contributed by atoms with E-state index < -0.39 is 42.9 Å². The number of hydrogen-bond acceptors (Lipinski definition) is 25. The SMILES string of the molecule is C=C1C[C@H](CC[C@@]23C[C@H]4O[C@H]5[C@@H](O2)C(C)[C@H](CCCO)O[C@H]5C4O3)OC1CC[C@H]1C[C@@H](C)C(=C)C(C[C@@H]2O[C@H](C[C@H](C)CO[Si](CC)(CC)CC)[C@H](C)C2CC(=O)CP(C)(=O)OC)O1.C=C1C[C@H](CC[C@@]23C[C@H]4O[C@H]5[C@@H](O2)C(C)[C@H](CCCO)O[C@H]5C4O3)OC1CC[C@H]1C[C@@H](C)C(=C)C(C[C@@H]2O[C@H](C[C@H](C)CO[Si](CC)(CC)CC)[C@H](C)C2CC)O1.COP(C)(C)=O.O=C=O. The predicted molar refractivity (Wildman–Crippen MR) is 507 cm³/mol. The van der Waals surface area contributed by atoms with Crippen molar-refractivity contribution in [3.63, 3.8) is 0 Å². The van der Waals surface area contributed by atoms with E-state index in [9.17, 15) is 24.1 Å². The normalized spacial score (nSPS) is 40.9. The van der Waals surface area contributed by atoms with E-state index in [0.29, 0.717) is 55.3 Å². The monoisotopic (exact) mass is 1910 g/mol. The van der Waals surface area contributed by atoms with Gasteiger partial charge in [-0.25, -0.2) is 0 Å². The zero-order valence-corrected chi connectivity index (χ0v) is 87.2. The second kappa shape index (κ2) is 48.0. The minimum Gasteiger partial charge on any atom is -0.417 e. The van der Waals surface area contributed by atoms with Gasteiger partial charge in [0.05, 0.1) is 116 Å². The molecule has 0 aliphatic carbocycles. The molecule has 0 aromatic heterocycles. The molecular weight excluding hydrogens is 1730 g/mol. The van der Waals surface area contributed by atoms with Gasteiger partial charge in [-0.2, -0.15) is 9.59 Å². The smallest absolute Gasteiger partial charge is 0.373 e. The van der Waals surface area contributed by atoms with E-state index in [1.54, 1.807) is 20.0 Å². The van der Waals surface area contributed by atoms with Crippen molar-refractivity contribution in [2.45, 2.75) is 452 Å². The Morgan fingerprint density at radius 2 is 0.838 bits per heavy atom. The number of ketones is 1. The second-order valence-electron chi connectivity index (χ2n) is 42.7. The standard InChI is InChI=1S/C50H85O12PSi.C47H80O9Si.C3H9O2P.CO2/c1-12-64(13-2,14-3)55-28-30(4)22-42-34(8)39(25-36(52)29-63(11,53)54-10)44(58-42)26-43-33(7)31(5)23-37(57-43)17-18-40-32(6)24-38(56-40)19-20-50-27-45-47(62-50)49-48(60-45)46(61-50)35(9)41(59-49)16-15-21-51;1-11-36-32(9)39(22-28(5)27-49-57(12-2,13-3)14-4)52-41(36)25-40-31(8)29(6)23-34(51-40)17-18-37-30(7)24-35(50-37)19-20-47-26-42-44(56-47)46-45(54-42)43(55-47)33(10)38(53-46)16-15-21-48;1-5-6(2,3)4;2-1-3/h30-31,34-35,37-49,51H,6-7,12-29H2,1-5,8-11H3;28-29,32-46,48H,7-8,11-27H2,1-6,9-10H3;1-3H3;/t30-,31+,34+,35?,37-,38-,39?,40?,41-,42+,43?,44-,45+,46-,47?,48-,49-,50+,63?;28-,29+,32+,33?,34-,35-,36?,37?,38-,39+,40?,41-,42+,43-,44?,45-,46-,47+;;/m00../s1. The van der Waals surface area contributed by atoms with Gasteiger partial charge in [0.25, 0.3) is 0 Å². The van der Waals surface area contributed by atoms with Crippen molar-refractivity contribution in [2.24, 2.45) is 59.2 Å². The summed E-state index contributed by atoms with van der Waals surface area (Å²) < 4.78 is 141. The maximum atomic E-state index is 13.5. The van der Waals surface area contributed by atoms with Gasteiger partial charge in [0.15, 0.2) is 35.6 Å². The number of Topliss-reactive ketones (excluding diaryl/α,β-unsaturated/α-hetero) is 1. The first-order chi connectivity index (χ1) is 61.8. The van der Waals surface area contributed by atoms with Gasteiger partial charge in [0.2, 0.25) is 7.37 Å². The summed E-state index contributed by atoms with van der Waals surface area (Å²) >= 11 is 0. The largest absolute Gasteiger partial charge is 0.417 e. The predicted octanol–water partition coefficient (Wildman–Crippen LogP) is 19.3. The van der Waals surface area contributed by atoms with Crippen LogP contribution in [0, 0.1) is 59.2 Å². The van der Waals surface area contributed by atoms with Crippen LogP contribution in [-0.2, 0) is 108 Å². The van der Waals surface area contributed by atoms with Crippen molar-refractivity contribution in [1.82, 2.24) is 0 Å². The molecule has 16 aliphatic rings. The highest BCUT2D eigenvalue weighted by Gasteiger charge is 2.69. The van der Waals surface area contributed by atoms with Gasteiger partial charge >= 0.3 is 6.15 Å². The van der Waals surface area contributed by atoms with Crippen LogP contribution in [0.15, 0.2) is 48.6 Å². The Morgan fingerprint density at radius 3 is 1.21 bits per heavy atom. The third kappa shape index (κ3) is 26.5. The lowest BCUT2D eigenvalue weighted by Crippen LogP contribution is -2.54. The molecular formula is C101H174O25P2Si2. The molecule has 29 heteroatoms. The lowest BCUT2D eigenvalue weighted by Gasteiger charge is -2.42. The Balaban J connectivity index is 0.000000231. The first kappa shape index (κ1) is 109. The van der Waals surface area contributed by atoms with E-state index in [-0.39, 0.29) is 207 Å². The highest BCUT2D eigenvalue weighted by atomic mass is 31.2. The number of hydrogen-bond donors (Lipinski definition) is 2. The van der Waals surface area contributed by atoms with Gasteiger partial charge in [-0.15, -0.1) is 0 Å². The zero-order valence-electron chi connectivity index (χ0n) is 83.4. The summed E-state index contributed by atoms with van der Waals surface area (Å²) in [6, 6.07) is 6.98. The average Bonchev–Trinajstić information content (AvgIpc) is 1.56. The summed E-state index contributed by atoms with van der Waals surface area (Å²) in [6.45, 7) is 59.0. The molecule has 0 aromatic rings. The van der Waals surface area contributed by atoms with Crippen molar-refractivity contribution in [1.29, 1.82) is 0 Å². The molecule has 16 fully saturated rings. The van der Waals surface area contributed by atoms with Gasteiger partial charge < -0.3 is 94.4 Å². The maximum Gasteiger partial charge on any atom is 0.373 e. The van der Waals surface area contributed by atoms with Crippen molar-refractivity contribution in [3.8, 4) is 0 Å². The third-order valence-corrected chi connectivity index (χ3v) is 45.4. The van der Waals surface area contributed by atoms with Crippen LogP contribution in [0.4, 0.5) is 0 Å². The minimum atomic E-state index is -3.00. The van der Waals surface area contributed by atoms with Crippen LogP contribution in [0.3, 0.4) is 0 Å². The number of aliphatic hydroxyl groups excluding tert-OH is 2. The fourth-order valence-corrected chi connectivity index (χ4v) is 31.0. The number of carbonyl (C=O) groups excluding carboxylic acids is 3. The Morgan fingerprint density at radius 1 is 0.469 bits per heavy atom. The van der Waals surface area contributed by atoms with Crippen LogP contribution >= 0.6 is 14.7 Å². The van der Waals surface area contributed by atoms with Gasteiger partial charge in [0, 0.05) is 117 Å². The molecule has 0 saturated carbocycles. The molecule has 16 heterocycles. The molecule has 130 heavy (non-hydrogen) atoms. The lowest BCUT2D eigenvalue weighted by molar-refractivity contribution is -0.263. The Labute approximate surface area is 783 Å². The summed E-state index contributed by atoms with van der Waals surface area (Å²) in [5.41, 5.74) is 4.65. The van der Waals surface area contributed by atoms with E-state index in [1.165, 1.54) is 43.5 Å². The van der Waals surface area contributed by atoms with Gasteiger partial charge in [-0.05, 0) is 209 Å². The Hall–Kier alpha value is -1.90. The van der Waals surface area contributed by atoms with E-state index in [4.69, 9.17) is 89.3 Å². The Kier molecular flexibility index (Phi) is 40.1. The Bertz CT molecular complexity index is 3750. The molecule has 12 bridgehead atoms. The molecule has 746 valence electrons. The summed E-state index contributed by atoms with van der Waals surface area (Å²) in [6.07, 6.45) is 19.8. The molecule has 11 unspecified atom stereocenters. The van der Waals surface area contributed by atoms with E-state index in [1.807, 2.05) is 0 Å². The lowest BCUT2D eigenvalue weighted by atomic mass is 9.79. The fourth-order valence-electron chi connectivity index (χ4n) is 24.6. The molecule has 16 aliphatic heterocycles. The first-order valence-corrected chi connectivity index (χ1v) is 60.8. The zero-order chi connectivity index (χ0) is 94.7. The number of rotatable bonds is 45. The van der Waals surface area contributed by atoms with Gasteiger partial charge in [-0.1, -0.05) is 137 Å². The number of carbonyl (C=O) groups is 1. The summed E-state index contributed by atoms with van der Waals surface area (Å²) in [4.78, 5) is 29.7. The molecule has 25 nitrogen and oxygen atoms in total. The molecule has 0 aromatic carbocycles. The van der Waals surface area contributed by atoms with Gasteiger partial charge in [0.1, 0.15) is 42.4 Å². The van der Waals surface area contributed by atoms with E-state index >= 15 is 0 Å². The molecule has 0 radical (unpaired) electrons. The van der Waals surface area contributed by atoms with Gasteiger partial charge in [-0.3, -0.25) is 13.9 Å². The van der Waals surface area contributed by atoms with Crippen molar-refractivity contribution in [2.75, 3.05) is 66.8 Å². The number of aliphatic hydroxyl groups is 2. The molecule has 16 rings (SSSR count). The van der Waals surface area contributed by atoms with Crippen LogP contribution < -0.4 is 0 Å². The van der Waals surface area contributed by atoms with Crippen LogP contribution in [-0.4, -0.2) is 264 Å². The third-order valence-electron chi connectivity index (χ3n) is 33.6. The molecule has 0 amide bonds. The van der Waals surface area contributed by atoms with Crippen LogP contribution in [0.2, 0.25) is 36.3 Å². The topological polar surface area (TPSA) is 292 Å². The number of ether oxygens (including phenoxy) is 14. The van der Waals surface area contributed by atoms with Crippen molar-refractivity contribution in [3.05, 3.63) is 48.6 Å². The second-order valence-corrected chi connectivity index (χ2v) is 57.8. The minimum absolute atomic E-state index is 0.0111. The summed E-state index contributed by atoms with van der Waals surface area (Å²) in [5, 5.41) is 18.9. The van der Waals surface area contributed by atoms with E-state index in [2.05, 4.69) is 135 Å². The van der Waals surface area contributed by atoms with Crippen LogP contribution in [0.25, 0.3) is 0 Å². The highest BCUT2D eigenvalue weighted by Crippen LogP contribution is 2.58. The maximum absolute atomic E-state index is 13.5. The van der Waals surface area contributed by atoms with Crippen LogP contribution in [0.5, 0.6) is 0 Å². The average molecular weight is 1910 g/mol. The van der Waals surface area contributed by atoms with E-state index in [0.717, 1.165) is 171 Å². The van der Waals surface area contributed by atoms with Crippen LogP contribution in [0.1, 0.15) is 258 Å². The first-order valence-electron chi connectivity index (χ1n) is 51.0. The molecule has 0 spiro atoms. The quantitative estimate of drug-likeness (QED) is 0.0325. The fraction of sp³-hybridized carbons (Fsp3) is 0.901. The molecule has 37 atom stereocenters. The molecule has 2 N–H and O–H groups in total. The molecule has 16 saturated heterocycles. The van der Waals surface area contributed by atoms with Crippen molar-refractivity contribution >= 4 is 43.3 Å². The summed E-state index contributed by atoms with van der Waals surface area (Å²) in [5.74, 6) is 1.63. The highest BCUT2D eigenvalue weighted by molar-refractivity contribution is 7.59. The summed E-state index contributed by atoms with van der Waals surface area (Å²) in [7, 11) is -5.58. The van der Waals surface area contributed by atoms with Crippen molar-refractivity contribution < 1.29 is 118 Å².